The number of benzene rings is 1. The van der Waals surface area contributed by atoms with E-state index in [1.54, 1.807) is 13.0 Å². The zero-order valence-electron chi connectivity index (χ0n) is 10.6. The maximum atomic E-state index is 13.3. The van der Waals surface area contributed by atoms with Crippen LogP contribution in [0.4, 0.5) is 10.2 Å². The summed E-state index contributed by atoms with van der Waals surface area (Å²) in [7, 11) is 0. The van der Waals surface area contributed by atoms with E-state index in [0.29, 0.717) is 35.3 Å². The van der Waals surface area contributed by atoms with Gasteiger partial charge in [-0.1, -0.05) is 18.5 Å². The fourth-order valence-electron chi connectivity index (χ4n) is 1.47. The van der Waals surface area contributed by atoms with Crippen molar-refractivity contribution in [2.45, 2.75) is 20.3 Å². The Bertz CT molecular complexity index is 619. The standard InChI is InChI=1S/C13H13ClFN3O/c1-3-11-17-12(16)7(2)13(18-11)19-8-4-5-9(14)10(15)6-8/h4-6H,3H2,1-2H3,(H2,16,17,18). The molecule has 0 saturated carbocycles. The molecule has 0 aliphatic rings. The van der Waals surface area contributed by atoms with Crippen molar-refractivity contribution in [1.82, 2.24) is 9.97 Å². The molecule has 0 amide bonds. The fourth-order valence-corrected chi connectivity index (χ4v) is 1.59. The average Bonchev–Trinajstić information content (AvgIpc) is 2.39. The van der Waals surface area contributed by atoms with Gasteiger partial charge in [-0.3, -0.25) is 0 Å². The molecule has 1 aromatic carbocycles. The SMILES string of the molecule is CCc1nc(N)c(C)c(Oc2ccc(Cl)c(F)c2)n1. The zero-order chi connectivity index (χ0) is 14.0. The first-order valence-corrected chi connectivity index (χ1v) is 6.15. The van der Waals surface area contributed by atoms with E-state index in [9.17, 15) is 4.39 Å². The van der Waals surface area contributed by atoms with Crippen molar-refractivity contribution >= 4 is 17.4 Å². The maximum Gasteiger partial charge on any atom is 0.227 e. The van der Waals surface area contributed by atoms with Crippen molar-refractivity contribution in [1.29, 1.82) is 0 Å². The Kier molecular flexibility index (Phi) is 3.85. The second kappa shape index (κ2) is 5.40. The summed E-state index contributed by atoms with van der Waals surface area (Å²) in [5.74, 6) is 1.02. The van der Waals surface area contributed by atoms with Crippen molar-refractivity contribution in [3.8, 4) is 11.6 Å². The molecule has 2 N–H and O–H groups in total. The highest BCUT2D eigenvalue weighted by atomic mass is 35.5. The van der Waals surface area contributed by atoms with E-state index in [1.807, 2.05) is 6.92 Å². The van der Waals surface area contributed by atoms with Gasteiger partial charge >= 0.3 is 0 Å². The Morgan fingerprint density at radius 2 is 2.11 bits per heavy atom. The molecule has 2 rings (SSSR count). The molecule has 0 bridgehead atoms. The Hall–Kier alpha value is -1.88. The number of halogens is 2. The lowest BCUT2D eigenvalue weighted by Gasteiger charge is -2.10. The van der Waals surface area contributed by atoms with Gasteiger partial charge in [-0.25, -0.2) is 9.37 Å². The van der Waals surface area contributed by atoms with Gasteiger partial charge in [-0.05, 0) is 19.1 Å². The van der Waals surface area contributed by atoms with E-state index < -0.39 is 5.82 Å². The van der Waals surface area contributed by atoms with Crippen LogP contribution >= 0.6 is 11.6 Å². The average molecular weight is 282 g/mol. The Morgan fingerprint density at radius 3 is 2.74 bits per heavy atom. The number of nitrogens with zero attached hydrogens (tertiary/aromatic N) is 2. The molecule has 100 valence electrons. The van der Waals surface area contributed by atoms with Crippen LogP contribution in [0, 0.1) is 12.7 Å². The highest BCUT2D eigenvalue weighted by molar-refractivity contribution is 6.30. The molecule has 0 aliphatic carbocycles. The van der Waals surface area contributed by atoms with Gasteiger partial charge in [0.15, 0.2) is 0 Å². The first-order chi connectivity index (χ1) is 9.01. The normalized spacial score (nSPS) is 10.5. The molecule has 1 heterocycles. The van der Waals surface area contributed by atoms with Crippen LogP contribution in [0.2, 0.25) is 5.02 Å². The summed E-state index contributed by atoms with van der Waals surface area (Å²) in [6, 6.07) is 4.19. The lowest BCUT2D eigenvalue weighted by atomic mass is 10.3. The summed E-state index contributed by atoms with van der Waals surface area (Å²) in [5, 5.41) is 0.0421. The first-order valence-electron chi connectivity index (χ1n) is 5.77. The van der Waals surface area contributed by atoms with Crippen LogP contribution in [0.3, 0.4) is 0 Å². The van der Waals surface area contributed by atoms with Gasteiger partial charge < -0.3 is 10.5 Å². The van der Waals surface area contributed by atoms with Crippen LogP contribution < -0.4 is 10.5 Å². The fraction of sp³-hybridized carbons (Fsp3) is 0.231. The van der Waals surface area contributed by atoms with Gasteiger partial charge in [0.2, 0.25) is 5.88 Å². The predicted octanol–water partition coefficient (Wildman–Crippen LogP) is 3.51. The number of anilines is 1. The molecule has 0 spiro atoms. The Labute approximate surface area is 115 Å². The van der Waals surface area contributed by atoms with Crippen molar-refractivity contribution in [3.63, 3.8) is 0 Å². The topological polar surface area (TPSA) is 61.0 Å². The summed E-state index contributed by atoms with van der Waals surface area (Å²) in [6.45, 7) is 3.66. The van der Waals surface area contributed by atoms with Gasteiger partial charge in [0, 0.05) is 12.5 Å². The molecule has 6 heteroatoms. The number of hydrogen-bond donors (Lipinski definition) is 1. The van der Waals surface area contributed by atoms with Crippen LogP contribution in [0.15, 0.2) is 18.2 Å². The molecular weight excluding hydrogens is 269 g/mol. The van der Waals surface area contributed by atoms with E-state index in [-0.39, 0.29) is 5.02 Å². The Morgan fingerprint density at radius 1 is 1.37 bits per heavy atom. The molecular formula is C13H13ClFN3O. The minimum Gasteiger partial charge on any atom is -0.438 e. The summed E-state index contributed by atoms with van der Waals surface area (Å²) in [5.41, 5.74) is 6.40. The van der Waals surface area contributed by atoms with Crippen molar-refractivity contribution < 1.29 is 9.13 Å². The minimum atomic E-state index is -0.547. The van der Waals surface area contributed by atoms with Crippen molar-refractivity contribution in [3.05, 3.63) is 40.4 Å². The summed E-state index contributed by atoms with van der Waals surface area (Å²) in [4.78, 5) is 8.35. The molecule has 2 aromatic rings. The molecule has 4 nitrogen and oxygen atoms in total. The van der Waals surface area contributed by atoms with Crippen LogP contribution in [0.5, 0.6) is 11.6 Å². The minimum absolute atomic E-state index is 0.0421. The number of ether oxygens (including phenoxy) is 1. The molecule has 1 aromatic heterocycles. The molecule has 0 atom stereocenters. The summed E-state index contributed by atoms with van der Waals surface area (Å²) in [6.07, 6.45) is 0.635. The number of nitrogens with two attached hydrogens (primary N) is 1. The Balaban J connectivity index is 2.37. The third-order valence-corrected chi connectivity index (χ3v) is 2.91. The second-order valence-electron chi connectivity index (χ2n) is 3.99. The van der Waals surface area contributed by atoms with Gasteiger partial charge in [0.1, 0.15) is 23.2 Å². The number of nitrogen functional groups attached to an aromatic ring is 1. The number of aryl methyl sites for hydroxylation is 1. The molecule has 0 unspecified atom stereocenters. The summed E-state index contributed by atoms with van der Waals surface area (Å²) >= 11 is 5.61. The van der Waals surface area contributed by atoms with Crippen molar-refractivity contribution in [2.75, 3.05) is 5.73 Å². The molecule has 0 saturated heterocycles. The predicted molar refractivity (Wildman–Crippen MR) is 72.0 cm³/mol. The third kappa shape index (κ3) is 2.93. The van der Waals surface area contributed by atoms with Crippen LogP contribution in [0.1, 0.15) is 18.3 Å². The highest BCUT2D eigenvalue weighted by Crippen LogP contribution is 2.28. The molecule has 0 aliphatic heterocycles. The van der Waals surface area contributed by atoms with E-state index in [0.717, 1.165) is 0 Å². The second-order valence-corrected chi connectivity index (χ2v) is 4.39. The number of aromatic nitrogens is 2. The highest BCUT2D eigenvalue weighted by Gasteiger charge is 2.11. The first kappa shape index (κ1) is 13.5. The molecule has 0 fully saturated rings. The lowest BCUT2D eigenvalue weighted by Crippen LogP contribution is -2.04. The van der Waals surface area contributed by atoms with Gasteiger partial charge in [0.25, 0.3) is 0 Å². The van der Waals surface area contributed by atoms with E-state index in [2.05, 4.69) is 9.97 Å². The third-order valence-electron chi connectivity index (χ3n) is 2.61. The van der Waals surface area contributed by atoms with Crippen LogP contribution in [-0.2, 0) is 6.42 Å². The van der Waals surface area contributed by atoms with Crippen LogP contribution in [-0.4, -0.2) is 9.97 Å². The van der Waals surface area contributed by atoms with E-state index in [4.69, 9.17) is 22.1 Å². The largest absolute Gasteiger partial charge is 0.438 e. The molecule has 0 radical (unpaired) electrons. The van der Waals surface area contributed by atoms with E-state index in [1.165, 1.54) is 12.1 Å². The zero-order valence-corrected chi connectivity index (χ0v) is 11.3. The van der Waals surface area contributed by atoms with Crippen LogP contribution in [0.25, 0.3) is 0 Å². The van der Waals surface area contributed by atoms with Gasteiger partial charge in [0.05, 0.1) is 10.6 Å². The van der Waals surface area contributed by atoms with Gasteiger partial charge in [-0.2, -0.15) is 4.98 Å². The molecule has 19 heavy (non-hydrogen) atoms. The smallest absolute Gasteiger partial charge is 0.227 e. The van der Waals surface area contributed by atoms with Crippen molar-refractivity contribution in [2.24, 2.45) is 0 Å². The quantitative estimate of drug-likeness (QED) is 0.935. The van der Waals surface area contributed by atoms with Gasteiger partial charge in [-0.15, -0.1) is 0 Å². The van der Waals surface area contributed by atoms with E-state index >= 15 is 0 Å². The number of hydrogen-bond acceptors (Lipinski definition) is 4. The number of rotatable bonds is 3. The summed E-state index contributed by atoms with van der Waals surface area (Å²) < 4.78 is 18.9. The monoisotopic (exact) mass is 281 g/mol. The lowest BCUT2D eigenvalue weighted by molar-refractivity contribution is 0.451. The maximum absolute atomic E-state index is 13.3.